The van der Waals surface area contributed by atoms with E-state index in [-0.39, 0.29) is 11.8 Å². The van der Waals surface area contributed by atoms with Gasteiger partial charge in [-0.2, -0.15) is 0 Å². The first-order valence-electron chi connectivity index (χ1n) is 4.40. The van der Waals surface area contributed by atoms with Crippen molar-refractivity contribution in [2.45, 2.75) is 20.8 Å². The molecule has 1 atom stereocenters. The Labute approximate surface area is 74.5 Å². The first kappa shape index (κ1) is 11.4. The molecule has 0 radical (unpaired) electrons. The normalized spacial score (nSPS) is 13.1. The van der Waals surface area contributed by atoms with Crippen molar-refractivity contribution in [1.82, 2.24) is 5.32 Å². The lowest BCUT2D eigenvalue weighted by Crippen LogP contribution is -2.35. The Morgan fingerprint density at radius 2 is 2.08 bits per heavy atom. The quantitative estimate of drug-likeness (QED) is 0.674. The molecular formula is C9H19NO2. The van der Waals surface area contributed by atoms with Gasteiger partial charge in [0, 0.05) is 13.7 Å². The predicted molar refractivity (Wildman–Crippen MR) is 48.9 cm³/mol. The summed E-state index contributed by atoms with van der Waals surface area (Å²) in [5.41, 5.74) is 0. The monoisotopic (exact) mass is 173 g/mol. The largest absolute Gasteiger partial charge is 0.384 e. The van der Waals surface area contributed by atoms with Crippen LogP contribution in [-0.4, -0.2) is 26.2 Å². The van der Waals surface area contributed by atoms with E-state index >= 15 is 0 Å². The summed E-state index contributed by atoms with van der Waals surface area (Å²) in [5, 5.41) is 2.79. The van der Waals surface area contributed by atoms with Gasteiger partial charge < -0.3 is 10.1 Å². The lowest BCUT2D eigenvalue weighted by atomic mass is 9.96. The molecule has 0 aliphatic carbocycles. The highest BCUT2D eigenvalue weighted by Gasteiger charge is 2.20. The fraction of sp³-hybridized carbons (Fsp3) is 0.889. The summed E-state index contributed by atoms with van der Waals surface area (Å²) in [6.07, 6.45) is 0. The number of amides is 1. The van der Waals surface area contributed by atoms with Crippen LogP contribution in [0.4, 0.5) is 0 Å². The first-order valence-corrected chi connectivity index (χ1v) is 4.40. The Hall–Kier alpha value is -0.570. The van der Waals surface area contributed by atoms with E-state index in [1.54, 1.807) is 7.11 Å². The number of hydrogen-bond donors (Lipinski definition) is 1. The molecule has 72 valence electrons. The minimum absolute atomic E-state index is 0.0186. The molecule has 0 aromatic heterocycles. The van der Waals surface area contributed by atoms with Crippen LogP contribution in [0.15, 0.2) is 0 Å². The summed E-state index contributed by atoms with van der Waals surface area (Å²) < 4.78 is 4.97. The zero-order chi connectivity index (χ0) is 9.56. The van der Waals surface area contributed by atoms with Gasteiger partial charge in [0.25, 0.3) is 0 Å². The third kappa shape index (κ3) is 3.72. The lowest BCUT2D eigenvalue weighted by Gasteiger charge is -2.18. The van der Waals surface area contributed by atoms with Crippen LogP contribution < -0.4 is 5.32 Å². The molecule has 3 nitrogen and oxygen atoms in total. The minimum Gasteiger partial charge on any atom is -0.384 e. The van der Waals surface area contributed by atoms with Crippen LogP contribution in [-0.2, 0) is 9.53 Å². The second kappa shape index (κ2) is 6.00. The molecule has 0 spiro atoms. The third-order valence-corrected chi connectivity index (χ3v) is 1.84. The zero-order valence-corrected chi connectivity index (χ0v) is 8.39. The van der Waals surface area contributed by atoms with Crippen molar-refractivity contribution in [1.29, 1.82) is 0 Å². The molecule has 3 heteroatoms. The van der Waals surface area contributed by atoms with Crippen LogP contribution in [0.5, 0.6) is 0 Å². The molecule has 0 rings (SSSR count). The van der Waals surface area contributed by atoms with Gasteiger partial charge in [-0.3, -0.25) is 4.79 Å². The molecule has 0 fully saturated rings. The second-order valence-electron chi connectivity index (χ2n) is 3.20. The van der Waals surface area contributed by atoms with Crippen LogP contribution in [0.3, 0.4) is 0 Å². The summed E-state index contributed by atoms with van der Waals surface area (Å²) >= 11 is 0. The van der Waals surface area contributed by atoms with E-state index in [1.165, 1.54) is 0 Å². The SMILES string of the molecule is CCNC(=O)C(COC)C(C)C. The van der Waals surface area contributed by atoms with E-state index in [4.69, 9.17) is 4.74 Å². The standard InChI is InChI=1S/C9H19NO2/c1-5-10-9(11)8(6-12-4)7(2)3/h7-8H,5-6H2,1-4H3,(H,10,11). The number of carbonyl (C=O) groups is 1. The fourth-order valence-electron chi connectivity index (χ4n) is 1.06. The van der Waals surface area contributed by atoms with Crippen LogP contribution >= 0.6 is 0 Å². The molecule has 0 saturated carbocycles. The number of ether oxygens (including phenoxy) is 1. The van der Waals surface area contributed by atoms with Gasteiger partial charge in [0.1, 0.15) is 0 Å². The predicted octanol–water partition coefficient (Wildman–Crippen LogP) is 1.04. The van der Waals surface area contributed by atoms with Crippen LogP contribution in [0.2, 0.25) is 0 Å². The van der Waals surface area contributed by atoms with Crippen LogP contribution in [0.1, 0.15) is 20.8 Å². The van der Waals surface area contributed by atoms with Gasteiger partial charge in [0.15, 0.2) is 0 Å². The van der Waals surface area contributed by atoms with Crippen LogP contribution in [0, 0.1) is 11.8 Å². The maximum atomic E-state index is 11.4. The van der Waals surface area contributed by atoms with Gasteiger partial charge >= 0.3 is 0 Å². The van der Waals surface area contributed by atoms with Gasteiger partial charge in [-0.05, 0) is 12.8 Å². The number of methoxy groups -OCH3 is 1. The number of carbonyl (C=O) groups excluding carboxylic acids is 1. The van der Waals surface area contributed by atoms with E-state index in [2.05, 4.69) is 5.32 Å². The highest BCUT2D eigenvalue weighted by Crippen LogP contribution is 2.10. The molecule has 0 aliphatic rings. The Kier molecular flexibility index (Phi) is 5.72. The second-order valence-corrected chi connectivity index (χ2v) is 3.20. The first-order chi connectivity index (χ1) is 5.63. The molecule has 0 saturated heterocycles. The number of nitrogens with one attached hydrogen (secondary N) is 1. The molecule has 1 amide bonds. The Morgan fingerprint density at radius 3 is 2.42 bits per heavy atom. The summed E-state index contributed by atoms with van der Waals surface area (Å²) in [6, 6.07) is 0. The summed E-state index contributed by atoms with van der Waals surface area (Å²) in [6.45, 7) is 7.16. The van der Waals surface area contributed by atoms with E-state index < -0.39 is 0 Å². The zero-order valence-electron chi connectivity index (χ0n) is 8.39. The van der Waals surface area contributed by atoms with E-state index in [9.17, 15) is 4.79 Å². The smallest absolute Gasteiger partial charge is 0.225 e. The summed E-state index contributed by atoms with van der Waals surface area (Å²) in [7, 11) is 1.62. The number of hydrogen-bond acceptors (Lipinski definition) is 2. The maximum absolute atomic E-state index is 11.4. The van der Waals surface area contributed by atoms with Crippen LogP contribution in [0.25, 0.3) is 0 Å². The van der Waals surface area contributed by atoms with Gasteiger partial charge in [0.05, 0.1) is 12.5 Å². The summed E-state index contributed by atoms with van der Waals surface area (Å²) in [4.78, 5) is 11.4. The molecule has 1 N–H and O–H groups in total. The molecule has 0 aromatic rings. The van der Waals surface area contributed by atoms with Gasteiger partial charge in [-0.1, -0.05) is 13.8 Å². The molecule has 1 unspecified atom stereocenters. The van der Waals surface area contributed by atoms with Crippen molar-refractivity contribution >= 4 is 5.91 Å². The van der Waals surface area contributed by atoms with Crippen molar-refractivity contribution < 1.29 is 9.53 Å². The van der Waals surface area contributed by atoms with Gasteiger partial charge in [0.2, 0.25) is 5.91 Å². The van der Waals surface area contributed by atoms with Crippen molar-refractivity contribution in [3.05, 3.63) is 0 Å². The molecule has 12 heavy (non-hydrogen) atoms. The number of rotatable bonds is 5. The topological polar surface area (TPSA) is 38.3 Å². The molecule has 0 heterocycles. The third-order valence-electron chi connectivity index (χ3n) is 1.84. The Balaban J connectivity index is 4.00. The fourth-order valence-corrected chi connectivity index (χ4v) is 1.06. The van der Waals surface area contributed by atoms with E-state index in [0.717, 1.165) is 0 Å². The van der Waals surface area contributed by atoms with Gasteiger partial charge in [-0.25, -0.2) is 0 Å². The average molecular weight is 173 g/mol. The minimum atomic E-state index is -0.0186. The lowest BCUT2D eigenvalue weighted by molar-refractivity contribution is -0.128. The molecule has 0 aromatic carbocycles. The van der Waals surface area contributed by atoms with Crippen molar-refractivity contribution in [2.75, 3.05) is 20.3 Å². The van der Waals surface area contributed by atoms with E-state index in [1.807, 2.05) is 20.8 Å². The van der Waals surface area contributed by atoms with Crippen molar-refractivity contribution in [3.63, 3.8) is 0 Å². The van der Waals surface area contributed by atoms with E-state index in [0.29, 0.717) is 19.1 Å². The molecule has 0 aliphatic heterocycles. The van der Waals surface area contributed by atoms with Gasteiger partial charge in [-0.15, -0.1) is 0 Å². The Bertz CT molecular complexity index is 134. The molecular weight excluding hydrogens is 154 g/mol. The van der Waals surface area contributed by atoms with Crippen molar-refractivity contribution in [2.24, 2.45) is 11.8 Å². The highest BCUT2D eigenvalue weighted by molar-refractivity contribution is 5.78. The molecule has 0 bridgehead atoms. The highest BCUT2D eigenvalue weighted by atomic mass is 16.5. The average Bonchev–Trinajstić information content (AvgIpc) is 1.99. The summed E-state index contributed by atoms with van der Waals surface area (Å²) in [5.74, 6) is 0.404. The Morgan fingerprint density at radius 1 is 1.50 bits per heavy atom. The van der Waals surface area contributed by atoms with Crippen molar-refractivity contribution in [3.8, 4) is 0 Å². The maximum Gasteiger partial charge on any atom is 0.225 e.